The Morgan fingerprint density at radius 1 is 1.25 bits per heavy atom. The van der Waals surface area contributed by atoms with Gasteiger partial charge in [-0.3, -0.25) is 4.79 Å². The first-order valence-electron chi connectivity index (χ1n) is 10.4. The number of aliphatic hydroxyl groups is 1. The molecule has 1 aromatic rings. The number of fused-ring (bicyclic) bond motifs is 1. The van der Waals surface area contributed by atoms with Crippen molar-refractivity contribution >= 4 is 12.0 Å². The van der Waals surface area contributed by atoms with E-state index in [0.717, 1.165) is 24.8 Å². The molecular formula is C23H32O5. The van der Waals surface area contributed by atoms with Crippen molar-refractivity contribution in [1.29, 1.82) is 0 Å². The third-order valence-electron chi connectivity index (χ3n) is 6.09. The largest absolute Gasteiger partial charge is 0.481 e. The molecule has 1 saturated heterocycles. The molecule has 5 nitrogen and oxygen atoms in total. The van der Waals surface area contributed by atoms with Gasteiger partial charge in [0, 0.05) is 25.4 Å². The molecule has 1 aliphatic heterocycles. The van der Waals surface area contributed by atoms with Gasteiger partial charge >= 0.3 is 5.97 Å². The highest BCUT2D eigenvalue weighted by atomic mass is 16.5. The van der Waals surface area contributed by atoms with Crippen LogP contribution >= 0.6 is 0 Å². The average molecular weight is 389 g/mol. The van der Waals surface area contributed by atoms with Crippen LogP contribution in [0.3, 0.4) is 0 Å². The van der Waals surface area contributed by atoms with Crippen molar-refractivity contribution in [3.63, 3.8) is 0 Å². The van der Waals surface area contributed by atoms with Gasteiger partial charge in [0.1, 0.15) is 0 Å². The van der Waals surface area contributed by atoms with E-state index in [-0.39, 0.29) is 24.5 Å². The lowest BCUT2D eigenvalue weighted by Gasteiger charge is -2.23. The van der Waals surface area contributed by atoms with Crippen molar-refractivity contribution in [3.05, 3.63) is 42.0 Å². The zero-order valence-corrected chi connectivity index (χ0v) is 16.4. The van der Waals surface area contributed by atoms with Crippen molar-refractivity contribution in [3.8, 4) is 0 Å². The summed E-state index contributed by atoms with van der Waals surface area (Å²) in [6.07, 6.45) is 8.38. The Kier molecular flexibility index (Phi) is 8.07. The summed E-state index contributed by atoms with van der Waals surface area (Å²) in [7, 11) is 0. The Hall–Kier alpha value is -1.69. The first kappa shape index (κ1) is 21.0. The molecule has 2 aliphatic rings. The molecule has 5 heteroatoms. The van der Waals surface area contributed by atoms with Crippen molar-refractivity contribution in [2.75, 3.05) is 19.8 Å². The second-order valence-electron chi connectivity index (χ2n) is 8.08. The van der Waals surface area contributed by atoms with Crippen molar-refractivity contribution < 1.29 is 24.5 Å². The predicted octanol–water partition coefficient (Wildman–Crippen LogP) is 3.76. The molecule has 1 saturated carbocycles. The highest BCUT2D eigenvalue weighted by Crippen LogP contribution is 2.41. The SMILES string of the molecule is O=C(O)CCCC1CC[C@@H]2C(COC/C=C/c3ccccc3)[C@H](O)C[C@@H]2OC1. The summed E-state index contributed by atoms with van der Waals surface area (Å²) in [5, 5.41) is 19.3. The fourth-order valence-corrected chi connectivity index (χ4v) is 4.54. The van der Waals surface area contributed by atoms with Crippen LogP contribution in [0.15, 0.2) is 36.4 Å². The van der Waals surface area contributed by atoms with Gasteiger partial charge in [0.2, 0.25) is 0 Å². The third kappa shape index (κ3) is 6.16. The van der Waals surface area contributed by atoms with Crippen LogP contribution in [0.25, 0.3) is 6.08 Å². The molecule has 1 aliphatic carbocycles. The number of ether oxygens (including phenoxy) is 2. The quantitative estimate of drug-likeness (QED) is 0.630. The van der Waals surface area contributed by atoms with E-state index in [0.29, 0.717) is 44.5 Å². The van der Waals surface area contributed by atoms with Crippen LogP contribution in [0.5, 0.6) is 0 Å². The Bertz CT molecular complexity index is 629. The number of rotatable bonds is 9. The molecule has 2 fully saturated rings. The summed E-state index contributed by atoms with van der Waals surface area (Å²) in [5.41, 5.74) is 1.15. The van der Waals surface area contributed by atoms with Gasteiger partial charge in [-0.25, -0.2) is 0 Å². The van der Waals surface area contributed by atoms with Crippen LogP contribution in [-0.4, -0.2) is 48.2 Å². The van der Waals surface area contributed by atoms with Gasteiger partial charge in [0.25, 0.3) is 0 Å². The van der Waals surface area contributed by atoms with Gasteiger partial charge in [-0.1, -0.05) is 42.5 Å². The zero-order valence-electron chi connectivity index (χ0n) is 16.4. The standard InChI is InChI=1S/C23H32O5/c24-21-14-22-19(12-11-18(15-28-22)8-4-10-23(25)26)20(21)16-27-13-5-9-17-6-2-1-3-7-17/h1-3,5-7,9,18-22,24H,4,8,10-16H2,(H,25,26)/b9-5+/t18?,19-,20?,21-,22+/m1/s1. The fourth-order valence-electron chi connectivity index (χ4n) is 4.54. The number of hydrogen-bond acceptors (Lipinski definition) is 4. The first-order valence-corrected chi connectivity index (χ1v) is 10.4. The molecule has 2 N–H and O–H groups in total. The third-order valence-corrected chi connectivity index (χ3v) is 6.09. The van der Waals surface area contributed by atoms with Gasteiger partial charge in [0.05, 0.1) is 25.4 Å². The topological polar surface area (TPSA) is 76.0 Å². The lowest BCUT2D eigenvalue weighted by atomic mass is 9.87. The summed E-state index contributed by atoms with van der Waals surface area (Å²) < 4.78 is 12.0. The van der Waals surface area contributed by atoms with Crippen LogP contribution in [0.1, 0.15) is 44.1 Å². The van der Waals surface area contributed by atoms with Gasteiger partial charge in [-0.05, 0) is 43.1 Å². The minimum Gasteiger partial charge on any atom is -0.481 e. The van der Waals surface area contributed by atoms with Gasteiger partial charge in [0.15, 0.2) is 0 Å². The molecule has 1 heterocycles. The number of carboxylic acids is 1. The molecule has 2 unspecified atom stereocenters. The summed E-state index contributed by atoms with van der Waals surface area (Å²) in [6, 6.07) is 10.1. The normalized spacial score (nSPS) is 30.2. The maximum absolute atomic E-state index is 10.7. The molecular weight excluding hydrogens is 356 g/mol. The molecule has 28 heavy (non-hydrogen) atoms. The summed E-state index contributed by atoms with van der Waals surface area (Å²) >= 11 is 0. The van der Waals surface area contributed by atoms with E-state index in [2.05, 4.69) is 12.1 Å². The van der Waals surface area contributed by atoms with Gasteiger partial charge in [-0.2, -0.15) is 0 Å². The number of carboxylic acid groups (broad SMARTS) is 1. The highest BCUT2D eigenvalue weighted by Gasteiger charge is 2.44. The second-order valence-corrected chi connectivity index (χ2v) is 8.08. The fraction of sp³-hybridized carbons (Fsp3) is 0.609. The van der Waals surface area contributed by atoms with Crippen LogP contribution in [0, 0.1) is 17.8 Å². The van der Waals surface area contributed by atoms with Crippen LogP contribution in [0.2, 0.25) is 0 Å². The lowest BCUT2D eigenvalue weighted by Crippen LogP contribution is -2.26. The minimum absolute atomic E-state index is 0.105. The molecule has 0 bridgehead atoms. The number of carbonyl (C=O) groups is 1. The van der Waals surface area contributed by atoms with Crippen LogP contribution in [-0.2, 0) is 14.3 Å². The second kappa shape index (κ2) is 10.7. The van der Waals surface area contributed by atoms with Crippen LogP contribution < -0.4 is 0 Å². The predicted molar refractivity (Wildman–Crippen MR) is 108 cm³/mol. The van der Waals surface area contributed by atoms with E-state index in [1.165, 1.54) is 0 Å². The molecule has 0 spiro atoms. The molecule has 0 radical (unpaired) electrons. The number of hydrogen-bond donors (Lipinski definition) is 2. The van der Waals surface area contributed by atoms with E-state index >= 15 is 0 Å². The number of aliphatic carboxylic acids is 1. The Morgan fingerprint density at radius 3 is 2.86 bits per heavy atom. The summed E-state index contributed by atoms with van der Waals surface area (Å²) in [6.45, 7) is 1.77. The highest BCUT2D eigenvalue weighted by molar-refractivity contribution is 5.66. The Balaban J connectivity index is 1.42. The van der Waals surface area contributed by atoms with Crippen molar-refractivity contribution in [2.24, 2.45) is 17.8 Å². The maximum Gasteiger partial charge on any atom is 0.303 e. The number of aliphatic hydroxyl groups excluding tert-OH is 1. The van der Waals surface area contributed by atoms with Gasteiger partial charge < -0.3 is 19.7 Å². The monoisotopic (exact) mass is 388 g/mol. The smallest absolute Gasteiger partial charge is 0.303 e. The van der Waals surface area contributed by atoms with Crippen molar-refractivity contribution in [1.82, 2.24) is 0 Å². The lowest BCUT2D eigenvalue weighted by molar-refractivity contribution is -0.137. The summed E-state index contributed by atoms with van der Waals surface area (Å²) in [5.74, 6) is 0.149. The van der Waals surface area contributed by atoms with Crippen LogP contribution in [0.4, 0.5) is 0 Å². The molecule has 5 atom stereocenters. The summed E-state index contributed by atoms with van der Waals surface area (Å²) in [4.78, 5) is 10.7. The maximum atomic E-state index is 10.7. The van der Waals surface area contributed by atoms with Crippen molar-refractivity contribution in [2.45, 2.75) is 50.7 Å². The molecule has 154 valence electrons. The first-order chi connectivity index (χ1) is 13.6. The Labute approximate surface area is 167 Å². The molecule has 0 aromatic heterocycles. The van der Waals surface area contributed by atoms with E-state index in [1.54, 1.807) is 0 Å². The minimum atomic E-state index is -0.729. The van der Waals surface area contributed by atoms with E-state index in [9.17, 15) is 9.90 Å². The van der Waals surface area contributed by atoms with Gasteiger partial charge in [-0.15, -0.1) is 0 Å². The van der Waals surface area contributed by atoms with E-state index in [4.69, 9.17) is 14.6 Å². The average Bonchev–Trinajstić information content (AvgIpc) is 2.84. The molecule has 0 amide bonds. The molecule has 1 aromatic carbocycles. The van der Waals surface area contributed by atoms with E-state index in [1.807, 2.05) is 30.4 Å². The molecule has 3 rings (SSSR count). The Morgan fingerprint density at radius 2 is 2.07 bits per heavy atom. The zero-order chi connectivity index (χ0) is 19.8. The van der Waals surface area contributed by atoms with E-state index < -0.39 is 5.97 Å². The number of benzene rings is 1.